The summed E-state index contributed by atoms with van der Waals surface area (Å²) in [6.45, 7) is 5.84. The average Bonchev–Trinajstić information content (AvgIpc) is 3.30. The molecule has 0 spiro atoms. The smallest absolute Gasteiger partial charge is 0.309 e. The second-order valence-corrected chi connectivity index (χ2v) is 11.8. The summed E-state index contributed by atoms with van der Waals surface area (Å²) in [5, 5.41) is 12.5. The number of ether oxygens (including phenoxy) is 2. The molecule has 2 aliphatic heterocycles. The number of carbonyl (C=O) groups is 3. The highest BCUT2D eigenvalue weighted by Crippen LogP contribution is 2.35. The molecule has 3 heterocycles. The zero-order valence-corrected chi connectivity index (χ0v) is 22.5. The molecule has 1 N–H and O–H groups in total. The van der Waals surface area contributed by atoms with Crippen molar-refractivity contribution in [3.8, 4) is 16.5 Å². The Morgan fingerprint density at radius 2 is 2.08 bits per heavy atom. The number of nitrogens with zero attached hydrogens (tertiary/aromatic N) is 2. The topological polar surface area (TPSA) is 109 Å². The highest BCUT2D eigenvalue weighted by atomic mass is 32.1. The summed E-state index contributed by atoms with van der Waals surface area (Å²) in [5.41, 5.74) is 2.36. The predicted molar refractivity (Wildman–Crippen MR) is 141 cm³/mol. The number of likely N-dealkylation sites (N-methyl/N-ethyl adjacent to an activating group) is 1. The van der Waals surface area contributed by atoms with Crippen LogP contribution in [0.2, 0.25) is 0 Å². The zero-order chi connectivity index (χ0) is 26.7. The van der Waals surface area contributed by atoms with Gasteiger partial charge in [0.25, 0.3) is 0 Å². The van der Waals surface area contributed by atoms with E-state index in [-0.39, 0.29) is 24.2 Å². The van der Waals surface area contributed by atoms with E-state index < -0.39 is 23.7 Å². The molecule has 0 aliphatic carbocycles. The summed E-state index contributed by atoms with van der Waals surface area (Å²) in [6.07, 6.45) is 1.48. The number of anilines is 1. The van der Waals surface area contributed by atoms with E-state index in [4.69, 9.17) is 9.47 Å². The quantitative estimate of drug-likeness (QED) is 0.573. The molecule has 2 aromatic rings. The number of carbonyl (C=O) groups excluding carboxylic acids is 3. The van der Waals surface area contributed by atoms with Crippen molar-refractivity contribution in [1.29, 1.82) is 5.26 Å². The molecule has 1 unspecified atom stereocenters. The maximum atomic E-state index is 13.0. The molecule has 0 radical (unpaired) electrons. The molecule has 9 heteroatoms. The molecule has 1 aromatic carbocycles. The van der Waals surface area contributed by atoms with Gasteiger partial charge in [-0.2, -0.15) is 5.26 Å². The fourth-order valence-corrected chi connectivity index (χ4v) is 5.66. The van der Waals surface area contributed by atoms with E-state index in [1.807, 2.05) is 51.1 Å². The lowest BCUT2D eigenvalue weighted by atomic mass is 9.96. The van der Waals surface area contributed by atoms with Gasteiger partial charge in [0.15, 0.2) is 0 Å². The standard InChI is InChI=1S/C28H33N3O5S/c1-28(2,3)36-27(34)19-6-5-11-35-23(13-19)26(33)30-20(16-29)15-21-9-10-24(37-21)18-8-7-17-14-25(32)31(4)22(17)12-18/h7-10,12,19-20,23H,5-6,11,13-15H2,1-4H3,(H,30,33)/t19?,20-,23-/m0/s1. The summed E-state index contributed by atoms with van der Waals surface area (Å²) in [7, 11) is 1.78. The highest BCUT2D eigenvalue weighted by molar-refractivity contribution is 7.15. The van der Waals surface area contributed by atoms with E-state index in [1.54, 1.807) is 23.3 Å². The fourth-order valence-electron chi connectivity index (χ4n) is 4.61. The van der Waals surface area contributed by atoms with Crippen LogP contribution in [0.1, 0.15) is 50.5 Å². The Labute approximate surface area is 221 Å². The first-order chi connectivity index (χ1) is 17.5. The number of nitrogens with one attached hydrogen (secondary N) is 1. The molecular formula is C28H33N3O5S. The first-order valence-corrected chi connectivity index (χ1v) is 13.4. The molecule has 0 bridgehead atoms. The maximum absolute atomic E-state index is 13.0. The Hall–Kier alpha value is -3.22. The number of thiophene rings is 1. The number of esters is 1. The van der Waals surface area contributed by atoms with Crippen LogP contribution in [0.25, 0.3) is 10.4 Å². The van der Waals surface area contributed by atoms with Crippen LogP contribution < -0.4 is 10.2 Å². The Morgan fingerprint density at radius 3 is 2.81 bits per heavy atom. The van der Waals surface area contributed by atoms with Gasteiger partial charge in [-0.3, -0.25) is 14.4 Å². The van der Waals surface area contributed by atoms with Crippen molar-refractivity contribution < 1.29 is 23.9 Å². The molecule has 3 atom stereocenters. The minimum atomic E-state index is -0.805. The van der Waals surface area contributed by atoms with Gasteiger partial charge in [-0.15, -0.1) is 11.3 Å². The van der Waals surface area contributed by atoms with Crippen molar-refractivity contribution in [2.75, 3.05) is 18.6 Å². The highest BCUT2D eigenvalue weighted by Gasteiger charge is 2.34. The van der Waals surface area contributed by atoms with E-state index >= 15 is 0 Å². The normalized spacial score (nSPS) is 20.5. The number of nitriles is 1. The van der Waals surface area contributed by atoms with E-state index in [1.165, 1.54) is 0 Å². The van der Waals surface area contributed by atoms with E-state index in [9.17, 15) is 19.6 Å². The van der Waals surface area contributed by atoms with Gasteiger partial charge in [0, 0.05) is 35.5 Å². The molecular weight excluding hydrogens is 490 g/mol. The third-order valence-electron chi connectivity index (χ3n) is 6.53. The number of rotatable bonds is 6. The van der Waals surface area contributed by atoms with Gasteiger partial charge in [-0.05, 0) is 69.4 Å². The molecule has 0 saturated carbocycles. The van der Waals surface area contributed by atoms with E-state index in [2.05, 4.69) is 11.4 Å². The van der Waals surface area contributed by atoms with E-state index in [0.29, 0.717) is 32.3 Å². The molecule has 2 aliphatic rings. The van der Waals surface area contributed by atoms with Crippen molar-refractivity contribution in [1.82, 2.24) is 5.32 Å². The van der Waals surface area contributed by atoms with Crippen molar-refractivity contribution in [2.45, 2.75) is 70.6 Å². The van der Waals surface area contributed by atoms with Gasteiger partial charge < -0.3 is 19.7 Å². The number of benzene rings is 1. The summed E-state index contributed by atoms with van der Waals surface area (Å²) in [4.78, 5) is 41.2. The lowest BCUT2D eigenvalue weighted by Gasteiger charge is -2.24. The maximum Gasteiger partial charge on any atom is 0.309 e. The summed E-state index contributed by atoms with van der Waals surface area (Å²) < 4.78 is 11.3. The van der Waals surface area contributed by atoms with Gasteiger partial charge >= 0.3 is 5.97 Å². The van der Waals surface area contributed by atoms with Gasteiger partial charge in [-0.1, -0.05) is 12.1 Å². The van der Waals surface area contributed by atoms with Crippen LogP contribution in [0.5, 0.6) is 0 Å². The molecule has 2 amide bonds. The number of hydrogen-bond acceptors (Lipinski definition) is 7. The lowest BCUT2D eigenvalue weighted by molar-refractivity contribution is -0.161. The van der Waals surface area contributed by atoms with Crippen LogP contribution >= 0.6 is 11.3 Å². The summed E-state index contributed by atoms with van der Waals surface area (Å²) in [6, 6.07) is 11.4. The monoisotopic (exact) mass is 523 g/mol. The van der Waals surface area contributed by atoms with Crippen LogP contribution in [-0.2, 0) is 36.7 Å². The Morgan fingerprint density at radius 1 is 1.30 bits per heavy atom. The van der Waals surface area contributed by atoms with Gasteiger partial charge in [0.05, 0.1) is 18.4 Å². The lowest BCUT2D eigenvalue weighted by Crippen LogP contribution is -2.43. The Kier molecular flexibility index (Phi) is 8.00. The van der Waals surface area contributed by atoms with Gasteiger partial charge in [-0.25, -0.2) is 0 Å². The molecule has 4 rings (SSSR count). The van der Waals surface area contributed by atoms with Crippen molar-refractivity contribution in [3.05, 3.63) is 40.8 Å². The van der Waals surface area contributed by atoms with Crippen molar-refractivity contribution in [2.24, 2.45) is 5.92 Å². The molecule has 1 fully saturated rings. The average molecular weight is 524 g/mol. The first-order valence-electron chi connectivity index (χ1n) is 12.6. The van der Waals surface area contributed by atoms with E-state index in [0.717, 1.165) is 26.6 Å². The molecule has 1 saturated heterocycles. The van der Waals surface area contributed by atoms with Crippen molar-refractivity contribution >= 4 is 34.8 Å². The number of amides is 2. The second kappa shape index (κ2) is 11.0. The Balaban J connectivity index is 1.38. The van der Waals surface area contributed by atoms with Gasteiger partial charge in [0.1, 0.15) is 17.7 Å². The van der Waals surface area contributed by atoms with Crippen LogP contribution in [0, 0.1) is 17.2 Å². The molecule has 196 valence electrons. The second-order valence-electron chi connectivity index (χ2n) is 10.6. The third kappa shape index (κ3) is 6.56. The number of fused-ring (bicyclic) bond motifs is 1. The minimum absolute atomic E-state index is 0.0849. The van der Waals surface area contributed by atoms with Crippen molar-refractivity contribution in [3.63, 3.8) is 0 Å². The fraction of sp³-hybridized carbons (Fsp3) is 0.500. The Bertz CT molecular complexity index is 1230. The van der Waals surface area contributed by atoms with Crippen LogP contribution in [-0.4, -0.2) is 49.2 Å². The predicted octanol–water partition coefficient (Wildman–Crippen LogP) is 4.01. The first kappa shape index (κ1) is 26.8. The largest absolute Gasteiger partial charge is 0.460 e. The molecule has 1 aromatic heterocycles. The zero-order valence-electron chi connectivity index (χ0n) is 21.7. The number of hydrogen-bond donors (Lipinski definition) is 1. The third-order valence-corrected chi connectivity index (χ3v) is 7.69. The summed E-state index contributed by atoms with van der Waals surface area (Å²) in [5.74, 6) is -1.04. The van der Waals surface area contributed by atoms with Crippen LogP contribution in [0.3, 0.4) is 0 Å². The molecule has 8 nitrogen and oxygen atoms in total. The van der Waals surface area contributed by atoms with Crippen LogP contribution in [0.15, 0.2) is 30.3 Å². The van der Waals surface area contributed by atoms with Gasteiger partial charge in [0.2, 0.25) is 11.8 Å². The SMILES string of the molecule is CN1C(=O)Cc2ccc(-c3ccc(C[C@@H](C#N)NC(=O)[C@@H]4CC(C(=O)OC(C)(C)C)CCCO4)s3)cc21. The summed E-state index contributed by atoms with van der Waals surface area (Å²) >= 11 is 1.55. The van der Waals surface area contributed by atoms with Crippen LogP contribution in [0.4, 0.5) is 5.69 Å². The minimum Gasteiger partial charge on any atom is -0.460 e. The molecule has 37 heavy (non-hydrogen) atoms.